The zero-order chi connectivity index (χ0) is 28.1. The van der Waals surface area contributed by atoms with E-state index in [1.54, 1.807) is 26.3 Å². The van der Waals surface area contributed by atoms with Gasteiger partial charge in [-0.05, 0) is 49.7 Å². The number of carbonyl (C=O) groups excluding carboxylic acids is 1. The fourth-order valence-corrected chi connectivity index (χ4v) is 4.24. The lowest BCUT2D eigenvalue weighted by molar-refractivity contribution is 0.0524. The molecule has 10 heteroatoms. The van der Waals surface area contributed by atoms with Crippen molar-refractivity contribution in [2.75, 3.05) is 32.3 Å². The van der Waals surface area contributed by atoms with Crippen molar-refractivity contribution >= 4 is 28.6 Å². The summed E-state index contributed by atoms with van der Waals surface area (Å²) < 4.78 is 18.1. The number of esters is 1. The number of aromatic nitrogens is 3. The number of pyridine rings is 1. The summed E-state index contributed by atoms with van der Waals surface area (Å²) in [4.78, 5) is 33.6. The Labute approximate surface area is 225 Å². The minimum Gasteiger partial charge on any atom is -0.493 e. The molecule has 0 aliphatic heterocycles. The van der Waals surface area contributed by atoms with Gasteiger partial charge in [0.05, 0.1) is 31.9 Å². The van der Waals surface area contributed by atoms with E-state index in [-0.39, 0.29) is 18.1 Å². The Morgan fingerprint density at radius 1 is 1.08 bits per heavy atom. The van der Waals surface area contributed by atoms with Crippen LogP contribution in [0.1, 0.15) is 46.5 Å². The van der Waals surface area contributed by atoms with Gasteiger partial charge in [0.2, 0.25) is 11.4 Å². The molecule has 0 amide bonds. The first-order chi connectivity index (χ1) is 18.8. The van der Waals surface area contributed by atoms with Crippen molar-refractivity contribution in [2.45, 2.75) is 26.8 Å². The Morgan fingerprint density at radius 2 is 1.87 bits per heavy atom. The standard InChI is InChI=1S/C29H29N5O5/c1-5-34-16-22(28(36)39-6-2)25(35)21-13-17(8-10-23(21)34)7-9-19-11-18(14-24(37-3)26(19)38-4)12-20-15-32-29(31)33-27(20)30/h8,10-11,13-16H,5-6,12H2,1-4H3,(H4,30,31,32,33). The Morgan fingerprint density at radius 3 is 2.54 bits per heavy atom. The number of aryl methyl sites for hydroxylation is 1. The van der Waals surface area contributed by atoms with Gasteiger partial charge in [0.15, 0.2) is 11.5 Å². The van der Waals surface area contributed by atoms with Gasteiger partial charge in [-0.3, -0.25) is 4.79 Å². The summed E-state index contributed by atoms with van der Waals surface area (Å²) >= 11 is 0. The zero-order valence-electron chi connectivity index (χ0n) is 22.2. The van der Waals surface area contributed by atoms with Crippen molar-refractivity contribution in [1.82, 2.24) is 14.5 Å². The van der Waals surface area contributed by atoms with E-state index in [2.05, 4.69) is 21.8 Å². The smallest absolute Gasteiger partial charge is 0.343 e. The van der Waals surface area contributed by atoms with Crippen LogP contribution in [-0.2, 0) is 17.7 Å². The van der Waals surface area contributed by atoms with E-state index >= 15 is 0 Å². The topological polar surface area (TPSA) is 145 Å². The summed E-state index contributed by atoms with van der Waals surface area (Å²) in [6, 6.07) is 9.02. The molecule has 4 rings (SSSR count). The average molecular weight is 528 g/mol. The van der Waals surface area contributed by atoms with Crippen LogP contribution in [0.15, 0.2) is 47.5 Å². The maximum absolute atomic E-state index is 13.2. The third kappa shape index (κ3) is 5.62. The van der Waals surface area contributed by atoms with Gasteiger partial charge in [-0.25, -0.2) is 9.78 Å². The lowest BCUT2D eigenvalue weighted by atomic mass is 10.0. The molecule has 0 bridgehead atoms. The maximum Gasteiger partial charge on any atom is 0.343 e. The molecule has 0 unspecified atom stereocenters. The highest BCUT2D eigenvalue weighted by Gasteiger charge is 2.17. The van der Waals surface area contributed by atoms with Gasteiger partial charge in [-0.2, -0.15) is 4.98 Å². The minimum atomic E-state index is -0.649. The number of nitrogens with zero attached hydrogens (tertiary/aromatic N) is 3. The first-order valence-electron chi connectivity index (χ1n) is 12.3. The van der Waals surface area contributed by atoms with Crippen molar-refractivity contribution in [3.05, 3.63) is 80.8 Å². The number of fused-ring (bicyclic) bond motifs is 1. The fourth-order valence-electron chi connectivity index (χ4n) is 4.24. The summed E-state index contributed by atoms with van der Waals surface area (Å²) in [5, 5.41) is 0.381. The number of nitrogens with two attached hydrogens (primary N) is 2. The van der Waals surface area contributed by atoms with Crippen molar-refractivity contribution < 1.29 is 19.0 Å². The molecule has 0 atom stereocenters. The highest BCUT2D eigenvalue weighted by atomic mass is 16.5. The van der Waals surface area contributed by atoms with Crippen LogP contribution in [0.5, 0.6) is 11.5 Å². The number of hydrogen-bond donors (Lipinski definition) is 2. The molecule has 0 aliphatic carbocycles. The molecule has 2 aromatic heterocycles. The summed E-state index contributed by atoms with van der Waals surface area (Å²) in [5.74, 6) is 6.96. The Bertz CT molecular complexity index is 1680. The molecule has 0 saturated carbocycles. The van der Waals surface area contributed by atoms with E-state index in [1.807, 2.05) is 35.8 Å². The minimum absolute atomic E-state index is 0.0127. The first-order valence-corrected chi connectivity index (χ1v) is 12.3. The number of rotatable bonds is 7. The van der Waals surface area contributed by atoms with Gasteiger partial charge in [0.25, 0.3) is 0 Å². The number of ether oxygens (including phenoxy) is 3. The van der Waals surface area contributed by atoms with Gasteiger partial charge in [0.1, 0.15) is 11.4 Å². The number of hydrogen-bond acceptors (Lipinski definition) is 9. The molecule has 4 N–H and O–H groups in total. The number of anilines is 2. The zero-order valence-corrected chi connectivity index (χ0v) is 22.2. The quantitative estimate of drug-likeness (QED) is 0.273. The van der Waals surface area contributed by atoms with E-state index in [9.17, 15) is 9.59 Å². The van der Waals surface area contributed by atoms with E-state index in [0.717, 1.165) is 5.56 Å². The second kappa shape index (κ2) is 11.6. The molecular weight excluding hydrogens is 498 g/mol. The van der Waals surface area contributed by atoms with Crippen LogP contribution in [0.25, 0.3) is 10.9 Å². The number of nitrogen functional groups attached to an aromatic ring is 2. The Kier molecular flexibility index (Phi) is 8.01. The molecule has 0 fully saturated rings. The molecule has 2 aromatic carbocycles. The molecule has 0 saturated heterocycles. The molecule has 39 heavy (non-hydrogen) atoms. The van der Waals surface area contributed by atoms with E-state index in [4.69, 9.17) is 25.7 Å². The molecule has 200 valence electrons. The van der Waals surface area contributed by atoms with Gasteiger partial charge in [-0.15, -0.1) is 0 Å². The van der Waals surface area contributed by atoms with Crippen LogP contribution in [0.3, 0.4) is 0 Å². The van der Waals surface area contributed by atoms with Crippen molar-refractivity contribution in [2.24, 2.45) is 0 Å². The van der Waals surface area contributed by atoms with Crippen LogP contribution >= 0.6 is 0 Å². The molecule has 2 heterocycles. The Hall–Kier alpha value is -5.04. The first kappa shape index (κ1) is 27.0. The largest absolute Gasteiger partial charge is 0.493 e. The monoisotopic (exact) mass is 527 g/mol. The summed E-state index contributed by atoms with van der Waals surface area (Å²) in [7, 11) is 3.08. The summed E-state index contributed by atoms with van der Waals surface area (Å²) in [6.45, 7) is 4.38. The molecule has 10 nitrogen and oxygen atoms in total. The molecule has 0 spiro atoms. The highest BCUT2D eigenvalue weighted by molar-refractivity contribution is 5.94. The average Bonchev–Trinajstić information content (AvgIpc) is 2.93. The summed E-state index contributed by atoms with van der Waals surface area (Å²) in [6.07, 6.45) is 3.54. The van der Waals surface area contributed by atoms with Crippen LogP contribution in [-0.4, -0.2) is 41.3 Å². The van der Waals surface area contributed by atoms with Crippen molar-refractivity contribution in [3.8, 4) is 23.3 Å². The normalized spacial score (nSPS) is 10.6. The SMILES string of the molecule is CCOC(=O)c1cn(CC)c2ccc(C#Cc3cc(Cc4cnc(N)nc4N)cc(OC)c3OC)cc2c1=O. The Balaban J connectivity index is 1.79. The van der Waals surface area contributed by atoms with Gasteiger partial charge < -0.3 is 30.2 Å². The molecule has 0 aliphatic rings. The van der Waals surface area contributed by atoms with Gasteiger partial charge >= 0.3 is 5.97 Å². The maximum atomic E-state index is 13.2. The number of carbonyl (C=O) groups is 1. The molecular formula is C29H29N5O5. The molecule has 0 radical (unpaired) electrons. The second-order valence-corrected chi connectivity index (χ2v) is 8.55. The molecule has 4 aromatic rings. The van der Waals surface area contributed by atoms with Crippen molar-refractivity contribution in [3.63, 3.8) is 0 Å². The van der Waals surface area contributed by atoms with Crippen molar-refractivity contribution in [1.29, 1.82) is 0 Å². The van der Waals surface area contributed by atoms with Gasteiger partial charge in [0, 0.05) is 41.9 Å². The van der Waals surface area contributed by atoms with E-state index < -0.39 is 11.4 Å². The van der Waals surface area contributed by atoms with E-state index in [1.165, 1.54) is 13.3 Å². The second-order valence-electron chi connectivity index (χ2n) is 8.55. The predicted molar refractivity (Wildman–Crippen MR) is 149 cm³/mol. The third-order valence-corrected chi connectivity index (χ3v) is 6.11. The fraction of sp³-hybridized carbons (Fsp3) is 0.241. The lowest BCUT2D eigenvalue weighted by Crippen LogP contribution is -2.20. The van der Waals surface area contributed by atoms with Gasteiger partial charge in [-0.1, -0.05) is 11.8 Å². The predicted octanol–water partition coefficient (Wildman–Crippen LogP) is 3.16. The number of methoxy groups -OCH3 is 2. The van der Waals surface area contributed by atoms with Crippen LogP contribution in [0.2, 0.25) is 0 Å². The third-order valence-electron chi connectivity index (χ3n) is 6.11. The highest BCUT2D eigenvalue weighted by Crippen LogP contribution is 2.33. The number of benzene rings is 2. The van der Waals surface area contributed by atoms with Crippen LogP contribution in [0, 0.1) is 11.8 Å². The lowest BCUT2D eigenvalue weighted by Gasteiger charge is -2.13. The van der Waals surface area contributed by atoms with Crippen LogP contribution < -0.4 is 26.4 Å². The van der Waals surface area contributed by atoms with E-state index in [0.29, 0.717) is 57.9 Å². The van der Waals surface area contributed by atoms with Crippen LogP contribution in [0.4, 0.5) is 11.8 Å². The summed E-state index contributed by atoms with van der Waals surface area (Å²) in [5.41, 5.74) is 14.6.